The topological polar surface area (TPSA) is 59.8 Å². The average Bonchev–Trinajstić information content (AvgIpc) is 2.61. The third kappa shape index (κ3) is 3.83. The monoisotopic (exact) mass is 338 g/mol. The maximum Gasteiger partial charge on any atom is 0.297 e. The molecule has 0 fully saturated rings. The molecule has 5 nitrogen and oxygen atoms in total. The van der Waals surface area contributed by atoms with Crippen LogP contribution in [0.1, 0.15) is 11.1 Å². The Bertz CT molecular complexity index is 876. The molecule has 6 heteroatoms. The van der Waals surface area contributed by atoms with Crippen LogP contribution in [0.4, 0.5) is 11.5 Å². The maximum atomic E-state index is 12.5. The summed E-state index contributed by atoms with van der Waals surface area (Å²) in [5.41, 5.74) is 2.96. The van der Waals surface area contributed by atoms with Gasteiger partial charge >= 0.3 is 0 Å². The molecule has 3 aromatic rings. The van der Waals surface area contributed by atoms with Gasteiger partial charge in [0.15, 0.2) is 5.16 Å². The SMILES string of the molecule is Cc1ccc(Nc2nnc(SCc3ccccc3)n(C)c2=O)cc1. The molecule has 0 unspecified atom stereocenters. The first-order chi connectivity index (χ1) is 11.6. The van der Waals surface area contributed by atoms with Crippen molar-refractivity contribution in [2.45, 2.75) is 17.8 Å². The first kappa shape index (κ1) is 16.3. The normalized spacial score (nSPS) is 10.6. The minimum absolute atomic E-state index is 0.193. The molecule has 0 radical (unpaired) electrons. The zero-order valence-corrected chi connectivity index (χ0v) is 14.4. The molecule has 0 saturated carbocycles. The van der Waals surface area contributed by atoms with Gasteiger partial charge in [-0.3, -0.25) is 9.36 Å². The van der Waals surface area contributed by atoms with Crippen LogP contribution in [0.5, 0.6) is 0 Å². The molecule has 0 saturated heterocycles. The molecule has 2 aromatic carbocycles. The Morgan fingerprint density at radius 2 is 1.75 bits per heavy atom. The van der Waals surface area contributed by atoms with E-state index in [0.717, 1.165) is 17.0 Å². The van der Waals surface area contributed by atoms with Crippen LogP contribution in [0.25, 0.3) is 0 Å². The van der Waals surface area contributed by atoms with Crippen molar-refractivity contribution in [2.24, 2.45) is 7.05 Å². The number of thioether (sulfide) groups is 1. The summed E-state index contributed by atoms with van der Waals surface area (Å²) in [6.07, 6.45) is 0. The average molecular weight is 338 g/mol. The van der Waals surface area contributed by atoms with Crippen molar-refractivity contribution in [2.75, 3.05) is 5.32 Å². The van der Waals surface area contributed by atoms with Crippen molar-refractivity contribution in [3.05, 3.63) is 76.1 Å². The second-order valence-corrected chi connectivity index (χ2v) is 6.40. The molecule has 0 aliphatic carbocycles. The first-order valence-corrected chi connectivity index (χ1v) is 8.56. The van der Waals surface area contributed by atoms with E-state index in [9.17, 15) is 4.79 Å². The molecule has 1 aromatic heterocycles. The molecule has 0 bridgehead atoms. The summed E-state index contributed by atoms with van der Waals surface area (Å²) in [6.45, 7) is 2.02. The molecule has 3 rings (SSSR count). The van der Waals surface area contributed by atoms with E-state index in [1.54, 1.807) is 7.05 Å². The number of nitrogens with zero attached hydrogens (tertiary/aromatic N) is 3. The fraction of sp³-hybridized carbons (Fsp3) is 0.167. The van der Waals surface area contributed by atoms with Crippen molar-refractivity contribution in [1.29, 1.82) is 0 Å². The third-order valence-corrected chi connectivity index (χ3v) is 4.65. The van der Waals surface area contributed by atoms with Crippen LogP contribution in [0, 0.1) is 6.92 Å². The first-order valence-electron chi connectivity index (χ1n) is 7.57. The Labute approximate surface area is 144 Å². The van der Waals surface area contributed by atoms with E-state index in [2.05, 4.69) is 15.5 Å². The van der Waals surface area contributed by atoms with Crippen LogP contribution in [0.3, 0.4) is 0 Å². The summed E-state index contributed by atoms with van der Waals surface area (Å²) in [5, 5.41) is 11.9. The summed E-state index contributed by atoms with van der Waals surface area (Å²) >= 11 is 1.49. The largest absolute Gasteiger partial charge is 0.334 e. The molecular weight excluding hydrogens is 320 g/mol. The molecule has 122 valence electrons. The van der Waals surface area contributed by atoms with E-state index < -0.39 is 0 Å². The Balaban J connectivity index is 1.76. The fourth-order valence-electron chi connectivity index (χ4n) is 2.15. The fourth-order valence-corrected chi connectivity index (χ4v) is 3.01. The lowest BCUT2D eigenvalue weighted by atomic mass is 10.2. The standard InChI is InChI=1S/C18H18N4OS/c1-13-8-10-15(11-9-13)19-16-17(23)22(2)18(21-20-16)24-12-14-6-4-3-5-7-14/h3-11H,12H2,1-2H3,(H,19,20). The summed E-state index contributed by atoms with van der Waals surface area (Å²) in [5.74, 6) is 0.971. The molecule has 1 heterocycles. The van der Waals surface area contributed by atoms with Crippen LogP contribution >= 0.6 is 11.8 Å². The lowest BCUT2D eigenvalue weighted by molar-refractivity contribution is 0.666. The van der Waals surface area contributed by atoms with Crippen molar-refractivity contribution < 1.29 is 0 Å². The van der Waals surface area contributed by atoms with Gasteiger partial charge in [0.05, 0.1) is 0 Å². The van der Waals surface area contributed by atoms with Gasteiger partial charge in [-0.05, 0) is 24.6 Å². The number of hydrogen-bond acceptors (Lipinski definition) is 5. The number of anilines is 2. The van der Waals surface area contributed by atoms with E-state index in [4.69, 9.17) is 0 Å². The van der Waals surface area contributed by atoms with Crippen LogP contribution < -0.4 is 10.9 Å². The highest BCUT2D eigenvalue weighted by molar-refractivity contribution is 7.98. The van der Waals surface area contributed by atoms with Crippen LogP contribution in [-0.4, -0.2) is 14.8 Å². The Hall–Kier alpha value is -2.60. The van der Waals surface area contributed by atoms with E-state index in [-0.39, 0.29) is 11.4 Å². The molecule has 0 atom stereocenters. The molecule has 0 amide bonds. The molecule has 0 aliphatic heterocycles. The minimum atomic E-state index is -0.193. The molecule has 1 N–H and O–H groups in total. The highest BCUT2D eigenvalue weighted by Crippen LogP contribution is 2.19. The van der Waals surface area contributed by atoms with Crippen LogP contribution in [0.2, 0.25) is 0 Å². The van der Waals surface area contributed by atoms with Gasteiger partial charge in [0.2, 0.25) is 5.82 Å². The van der Waals surface area contributed by atoms with Crippen molar-refractivity contribution in [3.8, 4) is 0 Å². The van der Waals surface area contributed by atoms with Gasteiger partial charge in [0, 0.05) is 18.5 Å². The number of nitrogens with one attached hydrogen (secondary N) is 1. The summed E-state index contributed by atoms with van der Waals surface area (Å²) in [7, 11) is 1.71. The molecule has 24 heavy (non-hydrogen) atoms. The number of aryl methyl sites for hydroxylation is 1. The van der Waals surface area contributed by atoms with Gasteiger partial charge in [-0.1, -0.05) is 59.8 Å². The van der Waals surface area contributed by atoms with E-state index in [1.165, 1.54) is 21.9 Å². The van der Waals surface area contributed by atoms with Gasteiger partial charge in [0.1, 0.15) is 0 Å². The summed E-state index contributed by atoms with van der Waals surface area (Å²) in [4.78, 5) is 12.5. The van der Waals surface area contributed by atoms with Crippen LogP contribution in [-0.2, 0) is 12.8 Å². The van der Waals surface area contributed by atoms with Gasteiger partial charge in [0.25, 0.3) is 5.56 Å². The van der Waals surface area contributed by atoms with Crippen molar-refractivity contribution in [1.82, 2.24) is 14.8 Å². The highest BCUT2D eigenvalue weighted by Gasteiger charge is 2.10. The molecular formula is C18H18N4OS. The highest BCUT2D eigenvalue weighted by atomic mass is 32.2. The van der Waals surface area contributed by atoms with Crippen molar-refractivity contribution in [3.63, 3.8) is 0 Å². The zero-order valence-electron chi connectivity index (χ0n) is 13.6. The van der Waals surface area contributed by atoms with E-state index in [1.807, 2.05) is 61.5 Å². The van der Waals surface area contributed by atoms with Crippen LogP contribution in [0.15, 0.2) is 64.5 Å². The summed E-state index contributed by atoms with van der Waals surface area (Å²) < 4.78 is 1.52. The predicted octanol–water partition coefficient (Wildman–Crippen LogP) is 3.52. The number of hydrogen-bond donors (Lipinski definition) is 1. The van der Waals surface area contributed by atoms with Gasteiger partial charge < -0.3 is 5.32 Å². The zero-order chi connectivity index (χ0) is 16.9. The second-order valence-electron chi connectivity index (χ2n) is 5.46. The molecule has 0 spiro atoms. The maximum absolute atomic E-state index is 12.5. The van der Waals surface area contributed by atoms with Gasteiger partial charge in [-0.2, -0.15) is 0 Å². The molecule has 0 aliphatic rings. The quantitative estimate of drug-likeness (QED) is 0.721. The minimum Gasteiger partial charge on any atom is -0.334 e. The van der Waals surface area contributed by atoms with Gasteiger partial charge in [-0.15, -0.1) is 10.2 Å². The summed E-state index contributed by atoms with van der Waals surface area (Å²) in [6, 6.07) is 17.8. The Kier molecular flexibility index (Phi) is 4.96. The Morgan fingerprint density at radius 1 is 1.04 bits per heavy atom. The second kappa shape index (κ2) is 7.31. The smallest absolute Gasteiger partial charge is 0.297 e. The van der Waals surface area contributed by atoms with Crippen molar-refractivity contribution >= 4 is 23.3 Å². The van der Waals surface area contributed by atoms with E-state index in [0.29, 0.717) is 5.16 Å². The predicted molar refractivity (Wildman–Crippen MR) is 97.7 cm³/mol. The number of rotatable bonds is 5. The number of aromatic nitrogens is 3. The number of benzene rings is 2. The lowest BCUT2D eigenvalue weighted by Crippen LogP contribution is -2.24. The lowest BCUT2D eigenvalue weighted by Gasteiger charge is -2.09. The Morgan fingerprint density at radius 3 is 2.46 bits per heavy atom. The van der Waals surface area contributed by atoms with Gasteiger partial charge in [-0.25, -0.2) is 0 Å². The van der Waals surface area contributed by atoms with E-state index >= 15 is 0 Å². The third-order valence-electron chi connectivity index (χ3n) is 3.55.